The van der Waals surface area contributed by atoms with Crippen molar-refractivity contribution in [1.82, 2.24) is 19.4 Å². The Morgan fingerprint density at radius 1 is 1.16 bits per heavy atom. The van der Waals surface area contributed by atoms with Crippen LogP contribution < -0.4 is 10.1 Å². The lowest BCUT2D eigenvalue weighted by Crippen LogP contribution is -2.34. The summed E-state index contributed by atoms with van der Waals surface area (Å²) in [6, 6.07) is 16.4. The molecule has 1 aliphatic rings. The molecule has 2 amide bonds. The molecular formula is C28H28ClN5O4. The van der Waals surface area contributed by atoms with Gasteiger partial charge in [-0.25, -0.2) is 9.78 Å². The maximum atomic E-state index is 13.2. The third-order valence-corrected chi connectivity index (χ3v) is 7.02. The fourth-order valence-corrected chi connectivity index (χ4v) is 5.09. The number of aryl methyl sites for hydroxylation is 1. The molecule has 1 unspecified atom stereocenters. The third-order valence-electron chi connectivity index (χ3n) is 6.66. The number of anilines is 1. The topological polar surface area (TPSA) is 110 Å². The standard InChI is InChI=1S/C28H28ClN5O4/c1-18-15-20(12-13-30-18)26(35)32-27-31-22-10-11-23(38-17-19-7-3-2-4-8-19)24(29)25(22)34(27)21-9-5-6-14-33(16-21)28(36)37/h2-4,7-8,10-13,15,21H,5-6,9,14,16-17H2,1H3,(H,36,37)(H,31,32,35). The van der Waals surface area contributed by atoms with Crippen molar-refractivity contribution in [3.8, 4) is 5.75 Å². The smallest absolute Gasteiger partial charge is 0.407 e. The first kappa shape index (κ1) is 25.5. The van der Waals surface area contributed by atoms with Gasteiger partial charge in [0.25, 0.3) is 5.91 Å². The van der Waals surface area contributed by atoms with Crippen molar-refractivity contribution in [2.75, 3.05) is 18.4 Å². The largest absolute Gasteiger partial charge is 0.487 e. The second-order valence-electron chi connectivity index (χ2n) is 9.34. The fourth-order valence-electron chi connectivity index (χ4n) is 4.78. The monoisotopic (exact) mass is 533 g/mol. The summed E-state index contributed by atoms with van der Waals surface area (Å²) in [5.74, 6) is 0.446. The molecule has 1 fully saturated rings. The molecule has 0 bridgehead atoms. The van der Waals surface area contributed by atoms with Crippen molar-refractivity contribution >= 4 is 40.6 Å². The Balaban J connectivity index is 1.56. The van der Waals surface area contributed by atoms with E-state index in [2.05, 4.69) is 10.3 Å². The van der Waals surface area contributed by atoms with Gasteiger partial charge >= 0.3 is 6.09 Å². The molecule has 0 radical (unpaired) electrons. The molecule has 9 nitrogen and oxygen atoms in total. The zero-order valence-corrected chi connectivity index (χ0v) is 21.7. The third kappa shape index (κ3) is 5.43. The predicted molar refractivity (Wildman–Crippen MR) is 145 cm³/mol. The van der Waals surface area contributed by atoms with Gasteiger partial charge in [0, 0.05) is 30.5 Å². The van der Waals surface area contributed by atoms with Crippen LogP contribution in [0.15, 0.2) is 60.8 Å². The second-order valence-corrected chi connectivity index (χ2v) is 9.72. The fraction of sp³-hybridized carbons (Fsp3) is 0.286. The number of carbonyl (C=O) groups is 2. The average Bonchev–Trinajstić information content (AvgIpc) is 3.09. The van der Waals surface area contributed by atoms with E-state index < -0.39 is 6.09 Å². The summed E-state index contributed by atoms with van der Waals surface area (Å²) in [4.78, 5) is 35.3. The van der Waals surface area contributed by atoms with Gasteiger partial charge < -0.3 is 19.3 Å². The minimum absolute atomic E-state index is 0.253. The molecule has 2 aromatic carbocycles. The van der Waals surface area contributed by atoms with Crippen molar-refractivity contribution < 1.29 is 19.4 Å². The first-order chi connectivity index (χ1) is 18.4. The minimum atomic E-state index is -0.975. The summed E-state index contributed by atoms with van der Waals surface area (Å²) < 4.78 is 7.92. The van der Waals surface area contributed by atoms with Gasteiger partial charge in [0.2, 0.25) is 5.95 Å². The molecule has 2 N–H and O–H groups in total. The Hall–Kier alpha value is -4.11. The molecule has 0 aliphatic carbocycles. The van der Waals surface area contributed by atoms with Crippen molar-refractivity contribution in [1.29, 1.82) is 0 Å². The molecule has 5 rings (SSSR count). The van der Waals surface area contributed by atoms with Crippen LogP contribution in [0.5, 0.6) is 5.75 Å². The molecule has 196 valence electrons. The minimum Gasteiger partial charge on any atom is -0.487 e. The van der Waals surface area contributed by atoms with Crippen LogP contribution in [0.4, 0.5) is 10.7 Å². The van der Waals surface area contributed by atoms with E-state index in [0.29, 0.717) is 52.9 Å². The van der Waals surface area contributed by atoms with Crippen molar-refractivity contribution in [2.24, 2.45) is 0 Å². The molecule has 0 saturated carbocycles. The SMILES string of the molecule is Cc1cc(C(=O)Nc2nc3ccc(OCc4ccccc4)c(Cl)c3n2C2CCCCN(C(=O)O)C2)ccn1. The van der Waals surface area contributed by atoms with Crippen LogP contribution in [0.2, 0.25) is 5.02 Å². The molecule has 1 atom stereocenters. The van der Waals surface area contributed by atoms with E-state index in [1.807, 2.05) is 41.8 Å². The van der Waals surface area contributed by atoms with Crippen LogP contribution in [0.1, 0.15) is 46.9 Å². The van der Waals surface area contributed by atoms with Gasteiger partial charge in [-0.3, -0.25) is 15.1 Å². The highest BCUT2D eigenvalue weighted by atomic mass is 35.5. The number of nitrogens with one attached hydrogen (secondary N) is 1. The molecular weight excluding hydrogens is 506 g/mol. The van der Waals surface area contributed by atoms with Gasteiger partial charge in [0.1, 0.15) is 17.4 Å². The molecule has 0 spiro atoms. The number of imidazole rings is 1. The summed E-state index contributed by atoms with van der Waals surface area (Å²) in [5, 5.41) is 13.0. The van der Waals surface area contributed by atoms with E-state index in [9.17, 15) is 14.7 Å². The number of benzene rings is 2. The average molecular weight is 534 g/mol. The number of amides is 2. The summed E-state index contributed by atoms with van der Waals surface area (Å²) in [6.45, 7) is 2.86. The second kappa shape index (κ2) is 11.1. The number of hydrogen-bond acceptors (Lipinski definition) is 5. The van der Waals surface area contributed by atoms with Crippen LogP contribution >= 0.6 is 11.6 Å². The number of pyridine rings is 1. The number of rotatable bonds is 6. The Labute approximate surface area is 225 Å². The van der Waals surface area contributed by atoms with E-state index >= 15 is 0 Å². The normalized spacial score (nSPS) is 15.7. The number of aromatic nitrogens is 3. The van der Waals surface area contributed by atoms with Crippen LogP contribution in [0.25, 0.3) is 11.0 Å². The van der Waals surface area contributed by atoms with Crippen molar-refractivity contribution in [2.45, 2.75) is 38.8 Å². The van der Waals surface area contributed by atoms with Gasteiger partial charge in [0.05, 0.1) is 17.1 Å². The number of nitrogens with zero attached hydrogens (tertiary/aromatic N) is 4. The molecule has 2 aromatic heterocycles. The van der Waals surface area contributed by atoms with Gasteiger partial charge in [-0.2, -0.15) is 0 Å². The zero-order chi connectivity index (χ0) is 26.6. The number of fused-ring (bicyclic) bond motifs is 1. The van der Waals surface area contributed by atoms with Crippen LogP contribution in [-0.4, -0.2) is 49.6 Å². The molecule has 1 aliphatic heterocycles. The highest BCUT2D eigenvalue weighted by Crippen LogP contribution is 2.38. The Kier molecular flexibility index (Phi) is 7.46. The summed E-state index contributed by atoms with van der Waals surface area (Å²) in [5.41, 5.74) is 3.33. The number of likely N-dealkylation sites (tertiary alicyclic amines) is 1. The molecule has 4 aromatic rings. The van der Waals surface area contributed by atoms with Gasteiger partial charge in [-0.1, -0.05) is 41.9 Å². The molecule has 10 heteroatoms. The van der Waals surface area contributed by atoms with E-state index in [1.54, 1.807) is 30.5 Å². The van der Waals surface area contributed by atoms with Gasteiger partial charge in [0.15, 0.2) is 0 Å². The lowest BCUT2D eigenvalue weighted by atomic mass is 10.1. The Morgan fingerprint density at radius 2 is 1.97 bits per heavy atom. The lowest BCUT2D eigenvalue weighted by Gasteiger charge is -2.25. The van der Waals surface area contributed by atoms with E-state index in [-0.39, 0.29) is 18.5 Å². The quantitative estimate of drug-likeness (QED) is 0.318. The highest BCUT2D eigenvalue weighted by molar-refractivity contribution is 6.36. The first-order valence-corrected chi connectivity index (χ1v) is 12.9. The summed E-state index contributed by atoms with van der Waals surface area (Å²) in [7, 11) is 0. The predicted octanol–water partition coefficient (Wildman–Crippen LogP) is 5.93. The Morgan fingerprint density at radius 3 is 2.74 bits per heavy atom. The van der Waals surface area contributed by atoms with Crippen molar-refractivity contribution in [3.05, 3.63) is 82.6 Å². The van der Waals surface area contributed by atoms with E-state index in [0.717, 1.165) is 24.1 Å². The number of halogens is 1. The lowest BCUT2D eigenvalue weighted by molar-refractivity contribution is 0.102. The van der Waals surface area contributed by atoms with Crippen LogP contribution in [0, 0.1) is 6.92 Å². The maximum Gasteiger partial charge on any atom is 0.407 e. The highest BCUT2D eigenvalue weighted by Gasteiger charge is 2.29. The molecule has 1 saturated heterocycles. The number of hydrogen-bond donors (Lipinski definition) is 2. The zero-order valence-electron chi connectivity index (χ0n) is 20.9. The van der Waals surface area contributed by atoms with Crippen LogP contribution in [0.3, 0.4) is 0 Å². The number of ether oxygens (including phenoxy) is 1. The van der Waals surface area contributed by atoms with E-state index in [1.165, 1.54) is 4.90 Å². The van der Waals surface area contributed by atoms with Gasteiger partial charge in [-0.15, -0.1) is 0 Å². The molecule has 3 heterocycles. The van der Waals surface area contributed by atoms with E-state index in [4.69, 9.17) is 21.3 Å². The summed E-state index contributed by atoms with van der Waals surface area (Å²) >= 11 is 6.92. The van der Waals surface area contributed by atoms with Gasteiger partial charge in [-0.05, 0) is 56.0 Å². The Bertz CT molecular complexity index is 1470. The number of carbonyl (C=O) groups excluding carboxylic acids is 1. The number of carboxylic acid groups (broad SMARTS) is 1. The summed E-state index contributed by atoms with van der Waals surface area (Å²) in [6.07, 6.45) is 2.89. The molecule has 38 heavy (non-hydrogen) atoms. The van der Waals surface area contributed by atoms with Crippen molar-refractivity contribution in [3.63, 3.8) is 0 Å². The van der Waals surface area contributed by atoms with Crippen LogP contribution in [-0.2, 0) is 6.61 Å². The first-order valence-electron chi connectivity index (χ1n) is 12.5. The maximum absolute atomic E-state index is 13.2.